The third kappa shape index (κ3) is 3.93. The second kappa shape index (κ2) is 7.20. The number of carboxylic acid groups (broad SMARTS) is 1. The van der Waals surface area contributed by atoms with E-state index in [0.717, 1.165) is 5.75 Å². The van der Waals surface area contributed by atoms with E-state index in [-0.39, 0.29) is 5.56 Å². The van der Waals surface area contributed by atoms with E-state index in [1.165, 1.54) is 11.8 Å². The van der Waals surface area contributed by atoms with Crippen LogP contribution in [0, 0.1) is 0 Å². The Morgan fingerprint density at radius 2 is 2.10 bits per heavy atom. The Bertz CT molecular complexity index is 676. The summed E-state index contributed by atoms with van der Waals surface area (Å²) in [5.41, 5.74) is 0.172. The molecule has 0 amide bonds. The minimum Gasteiger partial charge on any atom is -0.478 e. The Morgan fingerprint density at radius 1 is 1.33 bits per heavy atom. The third-order valence-electron chi connectivity index (χ3n) is 2.62. The first-order valence-corrected chi connectivity index (χ1v) is 8.30. The maximum atomic E-state index is 11.5. The van der Waals surface area contributed by atoms with Crippen LogP contribution in [0.5, 0.6) is 11.5 Å². The largest absolute Gasteiger partial charge is 0.478 e. The molecule has 0 aliphatic carbocycles. The van der Waals surface area contributed by atoms with Gasteiger partial charge in [-0.15, -0.1) is 11.8 Å². The molecular weight excluding hydrogens is 376 g/mol. The second-order valence-corrected chi connectivity index (χ2v) is 6.64. The molecule has 0 fully saturated rings. The molecule has 0 spiro atoms. The highest BCUT2D eigenvalue weighted by Crippen LogP contribution is 2.36. The van der Waals surface area contributed by atoms with Crippen molar-refractivity contribution in [1.82, 2.24) is 0 Å². The van der Waals surface area contributed by atoms with Gasteiger partial charge in [-0.1, -0.05) is 24.6 Å². The molecule has 2 aromatic carbocycles. The number of hydrogen-bond acceptors (Lipinski definition) is 3. The van der Waals surface area contributed by atoms with Crippen molar-refractivity contribution in [1.29, 1.82) is 0 Å². The molecule has 21 heavy (non-hydrogen) atoms. The summed E-state index contributed by atoms with van der Waals surface area (Å²) in [5.74, 6) is 0.602. The van der Waals surface area contributed by atoms with Crippen molar-refractivity contribution < 1.29 is 14.6 Å². The van der Waals surface area contributed by atoms with Crippen LogP contribution in [0.2, 0.25) is 5.02 Å². The molecule has 0 saturated carbocycles. The molecule has 3 nitrogen and oxygen atoms in total. The van der Waals surface area contributed by atoms with Gasteiger partial charge in [0.2, 0.25) is 0 Å². The van der Waals surface area contributed by atoms with Gasteiger partial charge in [-0.3, -0.25) is 0 Å². The molecule has 0 unspecified atom stereocenters. The van der Waals surface area contributed by atoms with Crippen molar-refractivity contribution in [3.8, 4) is 11.5 Å². The van der Waals surface area contributed by atoms with E-state index in [2.05, 4.69) is 15.9 Å². The molecule has 0 atom stereocenters. The number of carbonyl (C=O) groups is 1. The first-order valence-electron chi connectivity index (χ1n) is 6.15. The zero-order valence-corrected chi connectivity index (χ0v) is 14.3. The summed E-state index contributed by atoms with van der Waals surface area (Å²) in [7, 11) is 0. The van der Waals surface area contributed by atoms with Gasteiger partial charge in [0.1, 0.15) is 17.1 Å². The minimum absolute atomic E-state index is 0.172. The number of thioether (sulfide) groups is 1. The minimum atomic E-state index is -1.01. The number of hydrogen-bond donors (Lipinski definition) is 1. The molecule has 2 rings (SSSR count). The van der Waals surface area contributed by atoms with E-state index in [4.69, 9.17) is 16.3 Å². The van der Waals surface area contributed by atoms with Crippen LogP contribution in [0.15, 0.2) is 45.8 Å². The van der Waals surface area contributed by atoms with Gasteiger partial charge in [-0.05, 0) is 52.0 Å². The van der Waals surface area contributed by atoms with E-state index in [1.54, 1.807) is 36.4 Å². The molecule has 0 aromatic heterocycles. The molecular formula is C15H12BrClO3S. The SMILES string of the molecule is CCSc1cccc(Oc2ccc(Cl)cc2Br)c1C(=O)O. The summed E-state index contributed by atoms with van der Waals surface area (Å²) >= 11 is 10.7. The standard InChI is InChI=1S/C15H12BrClO3S/c1-2-21-13-5-3-4-12(14(13)15(18)19)20-11-7-6-9(17)8-10(11)16/h3-8H,2H2,1H3,(H,18,19). The predicted molar refractivity (Wildman–Crippen MR) is 89.0 cm³/mol. The summed E-state index contributed by atoms with van der Waals surface area (Å²) in [6.07, 6.45) is 0. The Morgan fingerprint density at radius 3 is 2.71 bits per heavy atom. The van der Waals surface area contributed by atoms with Gasteiger partial charge in [-0.25, -0.2) is 4.79 Å². The van der Waals surface area contributed by atoms with Crippen LogP contribution in [0.4, 0.5) is 0 Å². The molecule has 0 aliphatic heterocycles. The summed E-state index contributed by atoms with van der Waals surface area (Å²) in [4.78, 5) is 12.2. The first kappa shape index (κ1) is 16.2. The molecule has 0 bridgehead atoms. The monoisotopic (exact) mass is 386 g/mol. The summed E-state index contributed by atoms with van der Waals surface area (Å²) in [6.45, 7) is 1.97. The highest BCUT2D eigenvalue weighted by molar-refractivity contribution is 9.10. The summed E-state index contributed by atoms with van der Waals surface area (Å²) in [6, 6.07) is 10.3. The second-order valence-electron chi connectivity index (χ2n) is 4.04. The van der Waals surface area contributed by atoms with Gasteiger partial charge in [0, 0.05) is 9.92 Å². The van der Waals surface area contributed by atoms with Crippen LogP contribution in [0.3, 0.4) is 0 Å². The maximum absolute atomic E-state index is 11.5. The number of rotatable bonds is 5. The molecule has 1 N–H and O–H groups in total. The fourth-order valence-electron chi connectivity index (χ4n) is 1.76. The fourth-order valence-corrected chi connectivity index (χ4v) is 3.34. The highest BCUT2D eigenvalue weighted by atomic mass is 79.9. The molecule has 0 heterocycles. The lowest BCUT2D eigenvalue weighted by Gasteiger charge is -2.13. The zero-order chi connectivity index (χ0) is 15.4. The molecule has 110 valence electrons. The van der Waals surface area contributed by atoms with Crippen LogP contribution < -0.4 is 4.74 Å². The zero-order valence-electron chi connectivity index (χ0n) is 11.1. The number of benzene rings is 2. The number of carboxylic acids is 1. The average molecular weight is 388 g/mol. The van der Waals surface area contributed by atoms with E-state index < -0.39 is 5.97 Å². The molecule has 0 saturated heterocycles. The van der Waals surface area contributed by atoms with Crippen LogP contribution in [0.25, 0.3) is 0 Å². The van der Waals surface area contributed by atoms with Gasteiger partial charge in [-0.2, -0.15) is 0 Å². The van der Waals surface area contributed by atoms with Crippen LogP contribution in [0.1, 0.15) is 17.3 Å². The van der Waals surface area contributed by atoms with E-state index in [1.807, 2.05) is 6.92 Å². The van der Waals surface area contributed by atoms with Crippen molar-refractivity contribution >= 4 is 45.3 Å². The number of aromatic carboxylic acids is 1. The Labute approximate surface area is 140 Å². The first-order chi connectivity index (χ1) is 10.0. The lowest BCUT2D eigenvalue weighted by Crippen LogP contribution is -2.02. The lowest BCUT2D eigenvalue weighted by molar-refractivity contribution is 0.0690. The normalized spacial score (nSPS) is 10.4. The van der Waals surface area contributed by atoms with Gasteiger partial charge >= 0.3 is 5.97 Å². The predicted octanol–water partition coefficient (Wildman–Crippen LogP) is 5.71. The average Bonchev–Trinajstić information content (AvgIpc) is 2.42. The van der Waals surface area contributed by atoms with E-state index >= 15 is 0 Å². The van der Waals surface area contributed by atoms with E-state index in [0.29, 0.717) is 25.9 Å². The third-order valence-corrected chi connectivity index (χ3v) is 4.41. The molecule has 0 aliphatic rings. The summed E-state index contributed by atoms with van der Waals surface area (Å²) in [5, 5.41) is 10.0. The molecule has 6 heteroatoms. The Balaban J connectivity index is 2.43. The Kier molecular flexibility index (Phi) is 5.56. The van der Waals surface area contributed by atoms with Crippen LogP contribution >= 0.6 is 39.3 Å². The van der Waals surface area contributed by atoms with Crippen molar-refractivity contribution in [2.24, 2.45) is 0 Å². The van der Waals surface area contributed by atoms with Gasteiger partial charge in [0.15, 0.2) is 0 Å². The van der Waals surface area contributed by atoms with Crippen molar-refractivity contribution in [3.63, 3.8) is 0 Å². The van der Waals surface area contributed by atoms with Crippen molar-refractivity contribution in [2.45, 2.75) is 11.8 Å². The van der Waals surface area contributed by atoms with Gasteiger partial charge in [0.05, 0.1) is 4.47 Å². The summed E-state index contributed by atoms with van der Waals surface area (Å²) < 4.78 is 6.41. The van der Waals surface area contributed by atoms with Crippen LogP contribution in [-0.2, 0) is 0 Å². The van der Waals surface area contributed by atoms with Crippen molar-refractivity contribution in [3.05, 3.63) is 51.5 Å². The maximum Gasteiger partial charge on any atom is 0.340 e. The van der Waals surface area contributed by atoms with E-state index in [9.17, 15) is 9.90 Å². The topological polar surface area (TPSA) is 46.5 Å². The number of ether oxygens (including phenoxy) is 1. The highest BCUT2D eigenvalue weighted by Gasteiger charge is 2.18. The number of halogens is 2. The fraction of sp³-hybridized carbons (Fsp3) is 0.133. The quantitative estimate of drug-likeness (QED) is 0.668. The van der Waals surface area contributed by atoms with Gasteiger partial charge < -0.3 is 9.84 Å². The van der Waals surface area contributed by atoms with Crippen molar-refractivity contribution in [2.75, 3.05) is 5.75 Å². The Hall–Kier alpha value is -1.17. The van der Waals surface area contributed by atoms with Gasteiger partial charge in [0.25, 0.3) is 0 Å². The lowest BCUT2D eigenvalue weighted by atomic mass is 10.2. The molecule has 0 radical (unpaired) electrons. The smallest absolute Gasteiger partial charge is 0.340 e. The molecule has 2 aromatic rings. The van der Waals surface area contributed by atoms with Crippen LogP contribution in [-0.4, -0.2) is 16.8 Å².